The maximum Gasteiger partial charge on any atom is 0.349 e. The van der Waals surface area contributed by atoms with Crippen molar-refractivity contribution in [1.29, 1.82) is 5.26 Å². The molecule has 130 valence electrons. The number of hydrogen-bond acceptors (Lipinski definition) is 4. The minimum Gasteiger partial charge on any atom is -0.271 e. The first-order valence-electron chi connectivity index (χ1n) is 7.51. The molecule has 0 aliphatic rings. The molecule has 0 saturated heterocycles. The molecule has 0 spiro atoms. The van der Waals surface area contributed by atoms with Crippen LogP contribution in [-0.4, -0.2) is 14.8 Å². The number of rotatable bonds is 3. The highest BCUT2D eigenvalue weighted by molar-refractivity contribution is 5.48. The number of nitrogens with zero attached hydrogens (tertiary/aromatic N) is 3. The quantitative estimate of drug-likeness (QED) is 0.779. The molecule has 2 aromatic carbocycles. The Hall–Kier alpha value is -3.60. The van der Waals surface area contributed by atoms with Crippen molar-refractivity contribution in [3.05, 3.63) is 92.3 Å². The van der Waals surface area contributed by atoms with Crippen LogP contribution in [-0.2, 0) is 5.41 Å². The molecule has 1 N–H and O–H groups in total. The lowest BCUT2D eigenvalue weighted by atomic mass is 9.77. The van der Waals surface area contributed by atoms with Crippen molar-refractivity contribution in [2.24, 2.45) is 0 Å². The molecule has 0 radical (unpaired) electrons. The van der Waals surface area contributed by atoms with Gasteiger partial charge in [0.1, 0.15) is 23.2 Å². The zero-order valence-electron chi connectivity index (χ0n) is 13.5. The predicted molar refractivity (Wildman–Crippen MR) is 88.9 cm³/mol. The van der Waals surface area contributed by atoms with E-state index < -0.39 is 28.3 Å². The summed E-state index contributed by atoms with van der Waals surface area (Å²) in [6.45, 7) is 1.52. The van der Waals surface area contributed by atoms with Crippen LogP contribution in [0.1, 0.15) is 18.1 Å². The lowest BCUT2D eigenvalue weighted by molar-refractivity contribution is 0.575. The lowest BCUT2D eigenvalue weighted by Gasteiger charge is -2.23. The fourth-order valence-corrected chi connectivity index (χ4v) is 2.64. The number of H-pyrrole nitrogens is 1. The molecule has 1 aromatic heterocycles. The summed E-state index contributed by atoms with van der Waals surface area (Å²) in [7, 11) is 0. The summed E-state index contributed by atoms with van der Waals surface area (Å²) < 4.78 is 28.7. The van der Waals surface area contributed by atoms with Gasteiger partial charge in [-0.05, 0) is 30.7 Å². The van der Waals surface area contributed by atoms with Gasteiger partial charge in [0, 0.05) is 11.6 Å². The van der Waals surface area contributed by atoms with Crippen LogP contribution in [0, 0.1) is 23.0 Å². The third-order valence-electron chi connectivity index (χ3n) is 4.09. The van der Waals surface area contributed by atoms with Gasteiger partial charge in [-0.3, -0.25) is 9.78 Å². The number of aromatic amines is 1. The molecule has 0 bridgehead atoms. The first kappa shape index (κ1) is 17.2. The zero-order chi connectivity index (χ0) is 18.9. The van der Waals surface area contributed by atoms with E-state index in [1.54, 1.807) is 0 Å². The second-order valence-electron chi connectivity index (χ2n) is 5.76. The minimum absolute atomic E-state index is 0.0628. The maximum atomic E-state index is 14.8. The van der Waals surface area contributed by atoms with Crippen LogP contribution in [0.15, 0.2) is 58.3 Å². The largest absolute Gasteiger partial charge is 0.349 e. The number of nitriles is 1. The van der Waals surface area contributed by atoms with Crippen LogP contribution in [0.4, 0.5) is 8.78 Å². The molecule has 0 aliphatic carbocycles. The summed E-state index contributed by atoms with van der Waals surface area (Å²) in [5.41, 5.74) is -2.27. The molecule has 1 heterocycles. The molecular weight excluding hydrogens is 342 g/mol. The highest BCUT2D eigenvalue weighted by atomic mass is 19.1. The van der Waals surface area contributed by atoms with Gasteiger partial charge in [0.05, 0.1) is 11.8 Å². The minimum atomic E-state index is -1.36. The Morgan fingerprint density at radius 1 is 1.15 bits per heavy atom. The van der Waals surface area contributed by atoms with Crippen LogP contribution in [0.2, 0.25) is 0 Å². The van der Waals surface area contributed by atoms with E-state index >= 15 is 0 Å². The van der Waals surface area contributed by atoms with E-state index in [0.717, 1.165) is 16.9 Å². The summed E-state index contributed by atoms with van der Waals surface area (Å²) in [4.78, 5) is 24.9. The molecular formula is C18H12F2N4O2. The molecule has 1 atom stereocenters. The van der Waals surface area contributed by atoms with Crippen LogP contribution in [0.5, 0.6) is 0 Å². The second-order valence-corrected chi connectivity index (χ2v) is 5.76. The predicted octanol–water partition coefficient (Wildman–Crippen LogP) is 2.03. The van der Waals surface area contributed by atoms with Crippen molar-refractivity contribution >= 4 is 0 Å². The molecule has 0 amide bonds. The van der Waals surface area contributed by atoms with E-state index in [4.69, 9.17) is 0 Å². The molecule has 0 saturated carbocycles. The molecule has 3 aromatic rings. The Morgan fingerprint density at radius 3 is 2.42 bits per heavy atom. The Labute approximate surface area is 146 Å². The van der Waals surface area contributed by atoms with Crippen molar-refractivity contribution in [1.82, 2.24) is 14.8 Å². The first-order chi connectivity index (χ1) is 12.3. The second kappa shape index (κ2) is 6.37. The lowest BCUT2D eigenvalue weighted by Crippen LogP contribution is -2.30. The average molecular weight is 354 g/mol. The first-order valence-corrected chi connectivity index (χ1v) is 7.51. The van der Waals surface area contributed by atoms with E-state index in [1.807, 2.05) is 4.98 Å². The summed E-state index contributed by atoms with van der Waals surface area (Å²) in [5, 5.41) is 13.3. The van der Waals surface area contributed by atoms with Crippen molar-refractivity contribution in [2.45, 2.75) is 12.3 Å². The van der Waals surface area contributed by atoms with Crippen LogP contribution < -0.4 is 11.2 Å². The number of nitrogens with one attached hydrogen (secondary N) is 1. The standard InChI is InChI=1S/C18H12F2N4O2/c1-18(10-21,11-2-4-12(19)5-3-11)14-7-6-13(8-15(14)20)24-17(26)23-16(25)9-22-24/h2-9H,1H3,(H,23,25,26). The number of halogens is 2. The van der Waals surface area contributed by atoms with Gasteiger partial charge >= 0.3 is 5.69 Å². The Morgan fingerprint density at radius 2 is 1.85 bits per heavy atom. The summed E-state index contributed by atoms with van der Waals surface area (Å²) >= 11 is 0. The molecule has 8 heteroatoms. The molecule has 26 heavy (non-hydrogen) atoms. The summed E-state index contributed by atoms with van der Waals surface area (Å²) in [5.74, 6) is -1.20. The van der Waals surface area contributed by atoms with Gasteiger partial charge in [0.25, 0.3) is 5.56 Å². The van der Waals surface area contributed by atoms with E-state index in [2.05, 4.69) is 11.2 Å². The highest BCUT2D eigenvalue weighted by Gasteiger charge is 2.32. The Balaban J connectivity index is 2.12. The fraction of sp³-hybridized carbons (Fsp3) is 0.111. The Kier molecular flexibility index (Phi) is 4.22. The molecule has 1 unspecified atom stereocenters. The maximum absolute atomic E-state index is 14.8. The normalized spacial score (nSPS) is 13.0. The monoisotopic (exact) mass is 354 g/mol. The number of hydrogen-bond donors (Lipinski definition) is 1. The topological polar surface area (TPSA) is 91.5 Å². The summed E-state index contributed by atoms with van der Waals surface area (Å²) in [6.07, 6.45) is 0.894. The van der Waals surface area contributed by atoms with Gasteiger partial charge in [-0.2, -0.15) is 15.0 Å². The smallest absolute Gasteiger partial charge is 0.271 e. The molecule has 3 rings (SSSR count). The van der Waals surface area contributed by atoms with Crippen molar-refractivity contribution in [2.75, 3.05) is 0 Å². The molecule has 0 fully saturated rings. The van der Waals surface area contributed by atoms with Gasteiger partial charge in [-0.1, -0.05) is 18.2 Å². The molecule has 6 nitrogen and oxygen atoms in total. The third kappa shape index (κ3) is 2.91. The van der Waals surface area contributed by atoms with E-state index in [0.29, 0.717) is 5.56 Å². The number of aromatic nitrogens is 3. The van der Waals surface area contributed by atoms with Crippen LogP contribution in [0.25, 0.3) is 5.69 Å². The van der Waals surface area contributed by atoms with Gasteiger partial charge in [-0.15, -0.1) is 0 Å². The van der Waals surface area contributed by atoms with Gasteiger partial charge < -0.3 is 0 Å². The van der Waals surface area contributed by atoms with E-state index in [1.165, 1.54) is 43.3 Å². The summed E-state index contributed by atoms with van der Waals surface area (Å²) in [6, 6.07) is 11.1. The highest BCUT2D eigenvalue weighted by Crippen LogP contribution is 2.33. The Bertz CT molecular complexity index is 1130. The SMILES string of the molecule is CC(C#N)(c1ccc(F)cc1)c1ccc(-n2ncc(=O)[nH]c2=O)cc1F. The zero-order valence-corrected chi connectivity index (χ0v) is 13.5. The fourth-order valence-electron chi connectivity index (χ4n) is 2.64. The molecule has 0 aliphatic heterocycles. The van der Waals surface area contributed by atoms with Crippen molar-refractivity contribution in [3.63, 3.8) is 0 Å². The third-order valence-corrected chi connectivity index (χ3v) is 4.09. The number of benzene rings is 2. The van der Waals surface area contributed by atoms with E-state index in [9.17, 15) is 23.6 Å². The van der Waals surface area contributed by atoms with Crippen molar-refractivity contribution < 1.29 is 8.78 Å². The van der Waals surface area contributed by atoms with Gasteiger partial charge in [0.2, 0.25) is 0 Å². The van der Waals surface area contributed by atoms with Crippen LogP contribution >= 0.6 is 0 Å². The van der Waals surface area contributed by atoms with Crippen molar-refractivity contribution in [3.8, 4) is 11.8 Å². The van der Waals surface area contributed by atoms with Gasteiger partial charge in [0.15, 0.2) is 0 Å². The van der Waals surface area contributed by atoms with Crippen LogP contribution in [0.3, 0.4) is 0 Å². The average Bonchev–Trinajstić information content (AvgIpc) is 2.61. The van der Waals surface area contributed by atoms with Gasteiger partial charge in [-0.25, -0.2) is 13.6 Å². The van der Waals surface area contributed by atoms with E-state index in [-0.39, 0.29) is 11.3 Å².